The van der Waals surface area contributed by atoms with Crippen molar-refractivity contribution in [3.63, 3.8) is 0 Å². The molecule has 3 saturated carbocycles. The van der Waals surface area contributed by atoms with E-state index in [2.05, 4.69) is 74.5 Å². The molecule has 31 heavy (non-hydrogen) atoms. The first-order valence-corrected chi connectivity index (χ1v) is 12.7. The van der Waals surface area contributed by atoms with E-state index >= 15 is 0 Å². The molecular formula is C30H40O. The highest BCUT2D eigenvalue weighted by molar-refractivity contribution is 5.64. The van der Waals surface area contributed by atoms with Crippen LogP contribution in [0.4, 0.5) is 0 Å². The summed E-state index contributed by atoms with van der Waals surface area (Å²) >= 11 is 0. The second-order valence-corrected chi connectivity index (χ2v) is 10.0. The fourth-order valence-electron chi connectivity index (χ4n) is 5.96. The van der Waals surface area contributed by atoms with Gasteiger partial charge in [0, 0.05) is 0 Å². The molecule has 3 fully saturated rings. The summed E-state index contributed by atoms with van der Waals surface area (Å²) < 4.78 is 5.78. The number of benzene rings is 2. The summed E-state index contributed by atoms with van der Waals surface area (Å²) in [6.45, 7) is 5.10. The molecule has 2 aromatic rings. The largest absolute Gasteiger partial charge is 0.490 e. The van der Waals surface area contributed by atoms with E-state index in [0.29, 0.717) is 17.4 Å². The highest BCUT2D eigenvalue weighted by Gasteiger charge is 2.48. The van der Waals surface area contributed by atoms with Crippen LogP contribution in [0.1, 0.15) is 90.0 Å². The SMILES string of the molecule is CC/C=C/COc1ccc(-c2ccc(C34CCC(CCCCC)(CC3)CC4)cc2)cc1. The second kappa shape index (κ2) is 10.1. The molecule has 0 aliphatic heterocycles. The smallest absolute Gasteiger partial charge is 0.119 e. The van der Waals surface area contributed by atoms with E-state index in [9.17, 15) is 0 Å². The lowest BCUT2D eigenvalue weighted by Crippen LogP contribution is -2.44. The zero-order valence-corrected chi connectivity index (χ0v) is 19.7. The van der Waals surface area contributed by atoms with Gasteiger partial charge in [0.1, 0.15) is 12.4 Å². The van der Waals surface area contributed by atoms with Crippen LogP contribution in [-0.2, 0) is 5.41 Å². The van der Waals surface area contributed by atoms with Gasteiger partial charge >= 0.3 is 0 Å². The van der Waals surface area contributed by atoms with Crippen molar-refractivity contribution >= 4 is 0 Å². The molecule has 0 spiro atoms. The Balaban J connectivity index is 1.37. The number of rotatable bonds is 10. The van der Waals surface area contributed by atoms with Gasteiger partial charge in [0.25, 0.3) is 0 Å². The number of fused-ring (bicyclic) bond motifs is 3. The van der Waals surface area contributed by atoms with Gasteiger partial charge in [-0.05, 0) is 91.0 Å². The molecule has 0 saturated heterocycles. The van der Waals surface area contributed by atoms with Crippen molar-refractivity contribution in [3.05, 3.63) is 66.2 Å². The number of unbranched alkanes of at least 4 members (excludes halogenated alkanes) is 2. The molecule has 0 atom stereocenters. The van der Waals surface area contributed by atoms with Crippen LogP contribution in [0.3, 0.4) is 0 Å². The third-order valence-electron chi connectivity index (χ3n) is 8.15. The third kappa shape index (κ3) is 5.08. The highest BCUT2D eigenvalue weighted by Crippen LogP contribution is 2.59. The van der Waals surface area contributed by atoms with Crippen LogP contribution in [0.25, 0.3) is 11.1 Å². The number of hydrogen-bond donors (Lipinski definition) is 0. The van der Waals surface area contributed by atoms with E-state index < -0.39 is 0 Å². The van der Waals surface area contributed by atoms with Gasteiger partial charge in [0.15, 0.2) is 0 Å². The minimum Gasteiger partial charge on any atom is -0.490 e. The van der Waals surface area contributed by atoms with E-state index in [1.165, 1.54) is 75.3 Å². The zero-order chi connectivity index (χ0) is 21.6. The van der Waals surface area contributed by atoms with Gasteiger partial charge < -0.3 is 4.74 Å². The van der Waals surface area contributed by atoms with Crippen LogP contribution >= 0.6 is 0 Å². The normalized spacial score (nSPS) is 25.2. The number of hydrogen-bond acceptors (Lipinski definition) is 1. The average Bonchev–Trinajstić information content (AvgIpc) is 2.84. The summed E-state index contributed by atoms with van der Waals surface area (Å²) in [6, 6.07) is 18.0. The first-order valence-electron chi connectivity index (χ1n) is 12.7. The van der Waals surface area contributed by atoms with Crippen molar-refractivity contribution in [2.45, 2.75) is 89.9 Å². The van der Waals surface area contributed by atoms with Crippen molar-refractivity contribution < 1.29 is 4.74 Å². The average molecular weight is 417 g/mol. The highest BCUT2D eigenvalue weighted by atomic mass is 16.5. The molecule has 1 nitrogen and oxygen atoms in total. The topological polar surface area (TPSA) is 9.23 Å². The van der Waals surface area contributed by atoms with Crippen LogP contribution in [0, 0.1) is 5.41 Å². The maximum atomic E-state index is 5.78. The van der Waals surface area contributed by atoms with Gasteiger partial charge in [-0.3, -0.25) is 0 Å². The standard InChI is InChI=1S/C30H40O/c1-3-5-7-17-29-18-21-30(22-19-29,23-20-29)27-13-9-25(10-14-27)26-11-15-28(16-12-26)31-24-8-6-4-2/h6,8-16H,3-5,7,17-24H2,1-2H3/b8-6+. The van der Waals surface area contributed by atoms with Crippen molar-refractivity contribution in [3.8, 4) is 16.9 Å². The van der Waals surface area contributed by atoms with Crippen molar-refractivity contribution in [1.82, 2.24) is 0 Å². The van der Waals surface area contributed by atoms with E-state index in [-0.39, 0.29) is 0 Å². The Hall–Kier alpha value is -2.02. The molecule has 0 unspecified atom stereocenters. The number of allylic oxidation sites excluding steroid dienone is 1. The Labute approximate surface area is 189 Å². The van der Waals surface area contributed by atoms with Gasteiger partial charge in [0.05, 0.1) is 0 Å². The Morgan fingerprint density at radius 3 is 1.94 bits per heavy atom. The molecule has 0 N–H and O–H groups in total. The lowest BCUT2D eigenvalue weighted by molar-refractivity contribution is 0.0305. The minimum atomic E-state index is 0.453. The molecular weight excluding hydrogens is 376 g/mol. The van der Waals surface area contributed by atoms with Gasteiger partial charge in [-0.1, -0.05) is 81.7 Å². The second-order valence-electron chi connectivity index (χ2n) is 10.0. The molecule has 166 valence electrons. The van der Waals surface area contributed by atoms with E-state index in [0.717, 1.165) is 12.2 Å². The fraction of sp³-hybridized carbons (Fsp3) is 0.533. The predicted molar refractivity (Wildman–Crippen MR) is 133 cm³/mol. The Kier molecular flexibility index (Phi) is 7.20. The lowest BCUT2D eigenvalue weighted by Gasteiger charge is -2.54. The van der Waals surface area contributed by atoms with Crippen LogP contribution in [-0.4, -0.2) is 6.61 Å². The first-order chi connectivity index (χ1) is 15.2. The van der Waals surface area contributed by atoms with Crippen molar-refractivity contribution in [2.24, 2.45) is 5.41 Å². The molecule has 2 bridgehead atoms. The van der Waals surface area contributed by atoms with Gasteiger partial charge in [-0.15, -0.1) is 0 Å². The van der Waals surface area contributed by atoms with Crippen molar-refractivity contribution in [2.75, 3.05) is 6.61 Å². The molecule has 3 aliphatic rings. The van der Waals surface area contributed by atoms with Crippen LogP contribution < -0.4 is 4.74 Å². The molecule has 1 heteroatoms. The fourth-order valence-corrected chi connectivity index (χ4v) is 5.96. The molecule has 0 amide bonds. The molecule has 0 radical (unpaired) electrons. The van der Waals surface area contributed by atoms with Gasteiger partial charge in [0.2, 0.25) is 0 Å². The van der Waals surface area contributed by atoms with Crippen LogP contribution in [0.2, 0.25) is 0 Å². The maximum Gasteiger partial charge on any atom is 0.119 e. The Bertz CT molecular complexity index is 818. The summed E-state index contributed by atoms with van der Waals surface area (Å²) in [6.07, 6.45) is 19.5. The summed E-state index contributed by atoms with van der Waals surface area (Å²) in [7, 11) is 0. The summed E-state index contributed by atoms with van der Waals surface area (Å²) in [5.41, 5.74) is 5.29. The third-order valence-corrected chi connectivity index (χ3v) is 8.15. The van der Waals surface area contributed by atoms with Crippen molar-refractivity contribution in [1.29, 1.82) is 0 Å². The molecule has 0 heterocycles. The Morgan fingerprint density at radius 2 is 1.35 bits per heavy atom. The van der Waals surface area contributed by atoms with E-state index in [1.54, 1.807) is 5.56 Å². The van der Waals surface area contributed by atoms with Crippen LogP contribution in [0.5, 0.6) is 5.75 Å². The Morgan fingerprint density at radius 1 is 0.742 bits per heavy atom. The molecule has 5 rings (SSSR count). The summed E-state index contributed by atoms with van der Waals surface area (Å²) in [4.78, 5) is 0. The maximum absolute atomic E-state index is 5.78. The zero-order valence-electron chi connectivity index (χ0n) is 19.7. The minimum absolute atomic E-state index is 0.453. The van der Waals surface area contributed by atoms with E-state index in [1.807, 2.05) is 0 Å². The monoisotopic (exact) mass is 416 g/mol. The van der Waals surface area contributed by atoms with E-state index in [4.69, 9.17) is 4.74 Å². The van der Waals surface area contributed by atoms with Gasteiger partial charge in [-0.2, -0.15) is 0 Å². The molecule has 2 aromatic carbocycles. The number of ether oxygens (including phenoxy) is 1. The quantitative estimate of drug-likeness (QED) is 0.277. The summed E-state index contributed by atoms with van der Waals surface area (Å²) in [5, 5.41) is 0. The summed E-state index contributed by atoms with van der Waals surface area (Å²) in [5.74, 6) is 0.937. The predicted octanol–water partition coefficient (Wildman–Crippen LogP) is 8.87. The van der Waals surface area contributed by atoms with Crippen LogP contribution in [0.15, 0.2) is 60.7 Å². The molecule has 3 aliphatic carbocycles. The molecule has 0 aromatic heterocycles. The lowest BCUT2D eigenvalue weighted by atomic mass is 9.51. The van der Waals surface area contributed by atoms with Gasteiger partial charge in [-0.25, -0.2) is 0 Å². The first kappa shape index (κ1) is 22.2.